The van der Waals surface area contributed by atoms with Crippen molar-refractivity contribution in [2.45, 2.75) is 6.92 Å². The standard InChI is InChI=1S/C13H10N2/c1-9-6-11-10-4-2-3-5-12(10)15-8-13(11)14-7-9/h2-8H,1H3. The summed E-state index contributed by atoms with van der Waals surface area (Å²) >= 11 is 0. The van der Waals surface area contributed by atoms with Crippen LogP contribution in [0.25, 0.3) is 21.8 Å². The molecule has 0 N–H and O–H groups in total. The van der Waals surface area contributed by atoms with Crippen LogP contribution in [0.15, 0.2) is 42.7 Å². The molecule has 0 bridgehead atoms. The van der Waals surface area contributed by atoms with E-state index in [4.69, 9.17) is 0 Å². The highest BCUT2D eigenvalue weighted by atomic mass is 14.7. The summed E-state index contributed by atoms with van der Waals surface area (Å²) in [4.78, 5) is 8.74. The predicted molar refractivity (Wildman–Crippen MR) is 61.8 cm³/mol. The number of fused-ring (bicyclic) bond motifs is 3. The monoisotopic (exact) mass is 194 g/mol. The Hall–Kier alpha value is -1.96. The summed E-state index contributed by atoms with van der Waals surface area (Å²) in [6.45, 7) is 2.06. The molecule has 3 aromatic rings. The second-order valence-electron chi connectivity index (χ2n) is 3.72. The minimum absolute atomic E-state index is 0.958. The third-order valence-electron chi connectivity index (χ3n) is 2.58. The van der Waals surface area contributed by atoms with Gasteiger partial charge in [0.1, 0.15) is 0 Å². The van der Waals surface area contributed by atoms with Crippen LogP contribution >= 0.6 is 0 Å². The van der Waals surface area contributed by atoms with Crippen LogP contribution in [-0.2, 0) is 0 Å². The second-order valence-corrected chi connectivity index (χ2v) is 3.72. The summed E-state index contributed by atoms with van der Waals surface area (Å²) in [7, 11) is 0. The van der Waals surface area contributed by atoms with Gasteiger partial charge < -0.3 is 0 Å². The zero-order valence-electron chi connectivity index (χ0n) is 8.44. The van der Waals surface area contributed by atoms with Gasteiger partial charge in [-0.15, -0.1) is 0 Å². The predicted octanol–water partition coefficient (Wildman–Crippen LogP) is 3.09. The molecule has 0 aliphatic rings. The molecule has 0 saturated heterocycles. The number of para-hydroxylation sites is 1. The van der Waals surface area contributed by atoms with E-state index in [1.54, 1.807) is 0 Å². The minimum atomic E-state index is 0.958. The van der Waals surface area contributed by atoms with Gasteiger partial charge in [-0.05, 0) is 24.6 Å². The Labute approximate surface area is 87.6 Å². The number of hydrogen-bond donors (Lipinski definition) is 0. The Morgan fingerprint density at radius 2 is 1.67 bits per heavy atom. The van der Waals surface area contributed by atoms with Crippen LogP contribution < -0.4 is 0 Å². The number of aromatic nitrogens is 2. The zero-order valence-corrected chi connectivity index (χ0v) is 8.44. The molecule has 15 heavy (non-hydrogen) atoms. The first-order valence-electron chi connectivity index (χ1n) is 4.95. The van der Waals surface area contributed by atoms with E-state index in [2.05, 4.69) is 29.0 Å². The Bertz CT molecular complexity index is 644. The normalized spacial score (nSPS) is 11.0. The molecule has 72 valence electrons. The first-order valence-corrected chi connectivity index (χ1v) is 4.95. The van der Waals surface area contributed by atoms with Gasteiger partial charge in [0, 0.05) is 17.0 Å². The van der Waals surface area contributed by atoms with Gasteiger partial charge in [-0.25, -0.2) is 0 Å². The third-order valence-corrected chi connectivity index (χ3v) is 2.58. The fourth-order valence-electron chi connectivity index (χ4n) is 1.84. The lowest BCUT2D eigenvalue weighted by atomic mass is 10.1. The van der Waals surface area contributed by atoms with Crippen molar-refractivity contribution in [1.82, 2.24) is 9.97 Å². The molecule has 0 saturated carbocycles. The quantitative estimate of drug-likeness (QED) is 0.514. The minimum Gasteiger partial charge on any atom is -0.254 e. The zero-order chi connectivity index (χ0) is 10.3. The van der Waals surface area contributed by atoms with E-state index in [0.29, 0.717) is 0 Å². The summed E-state index contributed by atoms with van der Waals surface area (Å²) in [5.74, 6) is 0. The number of nitrogens with zero attached hydrogens (tertiary/aromatic N) is 2. The Morgan fingerprint density at radius 1 is 0.867 bits per heavy atom. The molecule has 0 aliphatic heterocycles. The summed E-state index contributed by atoms with van der Waals surface area (Å²) in [6, 6.07) is 10.3. The van der Waals surface area contributed by atoms with E-state index in [1.165, 1.54) is 16.3 Å². The van der Waals surface area contributed by atoms with Crippen LogP contribution in [0.1, 0.15) is 5.56 Å². The molecule has 2 heteroatoms. The van der Waals surface area contributed by atoms with E-state index in [1.807, 2.05) is 30.6 Å². The molecule has 0 atom stereocenters. The molecule has 2 nitrogen and oxygen atoms in total. The topological polar surface area (TPSA) is 25.8 Å². The van der Waals surface area contributed by atoms with Crippen molar-refractivity contribution in [3.05, 3.63) is 48.3 Å². The fraction of sp³-hybridized carbons (Fsp3) is 0.0769. The van der Waals surface area contributed by atoms with Crippen LogP contribution in [0.3, 0.4) is 0 Å². The number of pyridine rings is 2. The van der Waals surface area contributed by atoms with Gasteiger partial charge >= 0.3 is 0 Å². The highest BCUT2D eigenvalue weighted by molar-refractivity contribution is 6.03. The maximum atomic E-state index is 4.38. The van der Waals surface area contributed by atoms with Crippen molar-refractivity contribution in [3.8, 4) is 0 Å². The van der Waals surface area contributed by atoms with Crippen molar-refractivity contribution in [1.29, 1.82) is 0 Å². The summed E-state index contributed by atoms with van der Waals surface area (Å²) in [6.07, 6.45) is 3.70. The van der Waals surface area contributed by atoms with Crippen molar-refractivity contribution in [3.63, 3.8) is 0 Å². The molecule has 0 aliphatic carbocycles. The summed E-state index contributed by atoms with van der Waals surface area (Å²) in [5, 5.41) is 2.35. The van der Waals surface area contributed by atoms with E-state index < -0.39 is 0 Å². The van der Waals surface area contributed by atoms with Crippen molar-refractivity contribution in [2.75, 3.05) is 0 Å². The average Bonchev–Trinajstić information content (AvgIpc) is 2.29. The van der Waals surface area contributed by atoms with Crippen LogP contribution in [0.5, 0.6) is 0 Å². The number of rotatable bonds is 0. The van der Waals surface area contributed by atoms with Gasteiger partial charge in [0.15, 0.2) is 0 Å². The number of benzene rings is 1. The van der Waals surface area contributed by atoms with Gasteiger partial charge in [-0.2, -0.15) is 0 Å². The first-order chi connectivity index (χ1) is 7.34. The van der Waals surface area contributed by atoms with Crippen LogP contribution in [0, 0.1) is 6.92 Å². The number of hydrogen-bond acceptors (Lipinski definition) is 2. The average molecular weight is 194 g/mol. The van der Waals surface area contributed by atoms with Crippen LogP contribution in [0.2, 0.25) is 0 Å². The van der Waals surface area contributed by atoms with Crippen molar-refractivity contribution in [2.24, 2.45) is 0 Å². The van der Waals surface area contributed by atoms with Gasteiger partial charge in [-0.1, -0.05) is 18.2 Å². The molecule has 2 aromatic heterocycles. The molecule has 2 heterocycles. The first kappa shape index (κ1) is 8.36. The Balaban J connectivity index is 2.57. The lowest BCUT2D eigenvalue weighted by molar-refractivity contribution is 1.31. The molecule has 0 spiro atoms. The van der Waals surface area contributed by atoms with E-state index >= 15 is 0 Å². The molecular weight excluding hydrogens is 184 g/mol. The maximum absolute atomic E-state index is 4.38. The van der Waals surface area contributed by atoms with E-state index in [0.717, 1.165) is 11.0 Å². The molecule has 1 aromatic carbocycles. The van der Waals surface area contributed by atoms with Crippen LogP contribution in [-0.4, -0.2) is 9.97 Å². The van der Waals surface area contributed by atoms with Gasteiger partial charge in [0.2, 0.25) is 0 Å². The third kappa shape index (κ3) is 1.26. The SMILES string of the molecule is Cc1cnc2cnc3ccccc3c2c1. The highest BCUT2D eigenvalue weighted by Crippen LogP contribution is 2.22. The summed E-state index contributed by atoms with van der Waals surface area (Å²) in [5.41, 5.74) is 3.16. The van der Waals surface area contributed by atoms with Gasteiger partial charge in [-0.3, -0.25) is 9.97 Å². The van der Waals surface area contributed by atoms with Gasteiger partial charge in [0.25, 0.3) is 0 Å². The van der Waals surface area contributed by atoms with Crippen molar-refractivity contribution < 1.29 is 0 Å². The summed E-state index contributed by atoms with van der Waals surface area (Å²) < 4.78 is 0. The number of aryl methyl sites for hydroxylation is 1. The van der Waals surface area contributed by atoms with E-state index in [-0.39, 0.29) is 0 Å². The lowest BCUT2D eigenvalue weighted by Gasteiger charge is -2.02. The van der Waals surface area contributed by atoms with Gasteiger partial charge in [0.05, 0.1) is 17.2 Å². The maximum Gasteiger partial charge on any atom is 0.0891 e. The molecule has 3 rings (SSSR count). The second kappa shape index (κ2) is 3.02. The molecule has 0 unspecified atom stereocenters. The lowest BCUT2D eigenvalue weighted by Crippen LogP contribution is -1.85. The smallest absolute Gasteiger partial charge is 0.0891 e. The molecular formula is C13H10N2. The molecule has 0 amide bonds. The molecule has 0 fully saturated rings. The highest BCUT2D eigenvalue weighted by Gasteiger charge is 2.01. The Morgan fingerprint density at radius 3 is 2.60 bits per heavy atom. The molecule has 0 radical (unpaired) electrons. The van der Waals surface area contributed by atoms with Crippen molar-refractivity contribution >= 4 is 21.8 Å². The van der Waals surface area contributed by atoms with E-state index in [9.17, 15) is 0 Å². The van der Waals surface area contributed by atoms with Crippen LogP contribution in [0.4, 0.5) is 0 Å². The largest absolute Gasteiger partial charge is 0.254 e. The fourth-order valence-corrected chi connectivity index (χ4v) is 1.84. The Kier molecular flexibility index (Phi) is 1.68.